The van der Waals surface area contributed by atoms with Gasteiger partial charge in [-0.15, -0.1) is 0 Å². The second-order valence-electron chi connectivity index (χ2n) is 8.76. The first-order valence-corrected chi connectivity index (χ1v) is 11.5. The zero-order valence-corrected chi connectivity index (χ0v) is 18.8. The van der Waals surface area contributed by atoms with E-state index >= 15 is 0 Å². The molecule has 0 spiro atoms. The van der Waals surface area contributed by atoms with Crippen LogP contribution in [0.15, 0.2) is 42.5 Å². The van der Waals surface area contributed by atoms with Crippen LogP contribution in [0.5, 0.6) is 0 Å². The Bertz CT molecular complexity index is 754. The number of aliphatic hydroxyl groups is 1. The van der Waals surface area contributed by atoms with Crippen molar-refractivity contribution in [2.24, 2.45) is 5.92 Å². The van der Waals surface area contributed by atoms with Crippen molar-refractivity contribution in [3.63, 3.8) is 0 Å². The van der Waals surface area contributed by atoms with Crippen LogP contribution in [-0.2, 0) is 16.0 Å². The van der Waals surface area contributed by atoms with Crippen LogP contribution in [0.25, 0.3) is 0 Å². The fourth-order valence-corrected chi connectivity index (χ4v) is 4.05. The first-order chi connectivity index (χ1) is 15.2. The summed E-state index contributed by atoms with van der Waals surface area (Å²) >= 11 is 0. The Kier molecular flexibility index (Phi) is 10.3. The van der Waals surface area contributed by atoms with Gasteiger partial charge in [0.15, 0.2) is 0 Å². The van der Waals surface area contributed by atoms with Crippen LogP contribution in [0.4, 0.5) is 8.78 Å². The second-order valence-corrected chi connectivity index (χ2v) is 8.76. The third kappa shape index (κ3) is 8.34. The summed E-state index contributed by atoms with van der Waals surface area (Å²) in [5.41, 5.74) is 1.25. The van der Waals surface area contributed by atoms with E-state index in [0.29, 0.717) is 25.7 Å². The molecule has 1 aliphatic heterocycles. The molecule has 1 amide bonds. The van der Waals surface area contributed by atoms with Gasteiger partial charge in [0.2, 0.25) is 0 Å². The number of benzene rings is 1. The number of hydrogen-bond donors (Lipinski definition) is 2. The number of alkyl halides is 2. The molecule has 1 fully saturated rings. The molecule has 32 heavy (non-hydrogen) atoms. The fourth-order valence-electron chi connectivity index (χ4n) is 4.05. The van der Waals surface area contributed by atoms with E-state index in [1.54, 1.807) is 12.2 Å². The van der Waals surface area contributed by atoms with Crippen LogP contribution in [-0.4, -0.2) is 51.6 Å². The average molecular weight is 452 g/mol. The number of carbonyl (C=O) groups excluding carboxylic acids is 1. The number of nitrogens with zero attached hydrogens (tertiary/aromatic N) is 1. The van der Waals surface area contributed by atoms with Crippen molar-refractivity contribution in [2.45, 2.75) is 82.8 Å². The van der Waals surface area contributed by atoms with E-state index in [1.807, 2.05) is 25.1 Å². The Hall–Kier alpha value is -2.28. The van der Waals surface area contributed by atoms with Crippen molar-refractivity contribution in [1.29, 1.82) is 0 Å². The summed E-state index contributed by atoms with van der Waals surface area (Å²) < 4.78 is 28.0. The molecular formula is C25H35F2NO4. The number of rotatable bonds is 14. The molecule has 0 radical (unpaired) electrons. The van der Waals surface area contributed by atoms with Gasteiger partial charge in [0, 0.05) is 19.4 Å². The number of carboxylic acid groups (broad SMARTS) is 1. The average Bonchev–Trinajstić information content (AvgIpc) is 2.97. The number of amides is 1. The number of carboxylic acids is 1. The molecule has 0 saturated carbocycles. The van der Waals surface area contributed by atoms with Crippen molar-refractivity contribution in [3.8, 4) is 0 Å². The quantitative estimate of drug-likeness (QED) is 0.314. The van der Waals surface area contributed by atoms with E-state index in [1.165, 1.54) is 10.5 Å². The lowest BCUT2D eigenvalue weighted by molar-refractivity contribution is -0.148. The molecule has 1 unspecified atom stereocenters. The van der Waals surface area contributed by atoms with Crippen LogP contribution >= 0.6 is 0 Å². The van der Waals surface area contributed by atoms with E-state index in [4.69, 9.17) is 5.11 Å². The van der Waals surface area contributed by atoms with Gasteiger partial charge in [0.1, 0.15) is 0 Å². The molecule has 178 valence electrons. The van der Waals surface area contributed by atoms with Crippen LogP contribution in [0.3, 0.4) is 0 Å². The monoisotopic (exact) mass is 451 g/mol. The van der Waals surface area contributed by atoms with E-state index in [2.05, 4.69) is 12.1 Å². The normalized spacial score (nSPS) is 20.1. The van der Waals surface area contributed by atoms with Crippen LogP contribution in [0.1, 0.15) is 63.9 Å². The first kappa shape index (κ1) is 26.0. The summed E-state index contributed by atoms with van der Waals surface area (Å²) in [6, 6.07) is 9.37. The first-order valence-electron chi connectivity index (χ1n) is 11.5. The van der Waals surface area contributed by atoms with Gasteiger partial charge in [-0.25, -0.2) is 0 Å². The Balaban J connectivity index is 1.81. The van der Waals surface area contributed by atoms with Crippen molar-refractivity contribution < 1.29 is 28.6 Å². The number of carbonyl (C=O) groups is 2. The van der Waals surface area contributed by atoms with Crippen molar-refractivity contribution in [3.05, 3.63) is 48.0 Å². The predicted molar refractivity (Wildman–Crippen MR) is 119 cm³/mol. The molecule has 1 saturated heterocycles. The highest BCUT2D eigenvalue weighted by Gasteiger charge is 2.52. The molecule has 1 heterocycles. The highest BCUT2D eigenvalue weighted by Crippen LogP contribution is 2.34. The van der Waals surface area contributed by atoms with Gasteiger partial charge in [-0.3, -0.25) is 9.59 Å². The number of hydrogen-bond acceptors (Lipinski definition) is 3. The minimum Gasteiger partial charge on any atom is -0.481 e. The predicted octanol–water partition coefficient (Wildman–Crippen LogP) is 4.83. The number of aryl methyl sites for hydroxylation is 1. The third-order valence-electron chi connectivity index (χ3n) is 6.06. The van der Waals surface area contributed by atoms with Gasteiger partial charge < -0.3 is 15.1 Å². The van der Waals surface area contributed by atoms with Crippen molar-refractivity contribution in [2.75, 3.05) is 6.54 Å². The maximum Gasteiger partial charge on any atom is 0.327 e. The molecular weight excluding hydrogens is 416 g/mol. The molecule has 1 aromatic carbocycles. The van der Waals surface area contributed by atoms with Crippen molar-refractivity contribution in [1.82, 2.24) is 4.90 Å². The molecule has 7 heteroatoms. The zero-order chi connectivity index (χ0) is 23.6. The summed E-state index contributed by atoms with van der Waals surface area (Å²) in [6.07, 6.45) is 6.95. The number of aliphatic carboxylic acids is 1. The number of halogens is 2. The lowest BCUT2D eigenvalue weighted by atomic mass is 9.95. The fraction of sp³-hybridized carbons (Fsp3) is 0.600. The highest BCUT2D eigenvalue weighted by atomic mass is 19.3. The van der Waals surface area contributed by atoms with E-state index in [-0.39, 0.29) is 18.9 Å². The summed E-state index contributed by atoms with van der Waals surface area (Å²) in [6.45, 7) is 2.14. The third-order valence-corrected chi connectivity index (χ3v) is 6.06. The van der Waals surface area contributed by atoms with Gasteiger partial charge in [0.05, 0.1) is 12.1 Å². The van der Waals surface area contributed by atoms with E-state index in [9.17, 15) is 23.5 Å². The van der Waals surface area contributed by atoms with E-state index in [0.717, 1.165) is 19.3 Å². The summed E-state index contributed by atoms with van der Waals surface area (Å²) in [4.78, 5) is 23.8. The highest BCUT2D eigenvalue weighted by molar-refractivity contribution is 5.86. The lowest BCUT2D eigenvalue weighted by Crippen LogP contribution is -2.36. The summed E-state index contributed by atoms with van der Waals surface area (Å²) in [5, 5.41) is 19.1. The van der Waals surface area contributed by atoms with Gasteiger partial charge in [-0.1, -0.05) is 62.2 Å². The van der Waals surface area contributed by atoms with Crippen LogP contribution < -0.4 is 0 Å². The summed E-state index contributed by atoms with van der Waals surface area (Å²) in [5.74, 6) is -5.42. The molecule has 0 aliphatic carbocycles. The van der Waals surface area contributed by atoms with Gasteiger partial charge >= 0.3 is 11.9 Å². The smallest absolute Gasteiger partial charge is 0.327 e. The zero-order valence-electron chi connectivity index (χ0n) is 18.8. The molecule has 5 nitrogen and oxygen atoms in total. The SMILES string of the molecule is C[C@H](CCCc1ccccc1)[C@H](O)/C=C/C1CC(F)(F)C(=O)N1CCCCCCC(=O)O. The maximum absolute atomic E-state index is 14.0. The van der Waals surface area contributed by atoms with Gasteiger partial charge in [-0.2, -0.15) is 8.78 Å². The van der Waals surface area contributed by atoms with Gasteiger partial charge in [0.25, 0.3) is 5.91 Å². The molecule has 2 rings (SSSR count). The minimum atomic E-state index is -3.38. The van der Waals surface area contributed by atoms with Crippen molar-refractivity contribution >= 4 is 11.9 Å². The largest absolute Gasteiger partial charge is 0.481 e. The van der Waals surface area contributed by atoms with E-state index < -0.39 is 36.4 Å². The van der Waals surface area contributed by atoms with Crippen LogP contribution in [0, 0.1) is 5.92 Å². The van der Waals surface area contributed by atoms with Gasteiger partial charge in [-0.05, 0) is 43.6 Å². The Labute approximate surface area is 189 Å². The Morgan fingerprint density at radius 2 is 1.88 bits per heavy atom. The molecule has 1 aliphatic rings. The molecule has 2 N–H and O–H groups in total. The number of aliphatic hydroxyl groups excluding tert-OH is 1. The standard InChI is InChI=1S/C25H35F2NO4/c1-19(10-9-13-20-11-5-4-6-12-20)22(29)16-15-21-18-25(26,27)24(32)28(21)17-8-3-2-7-14-23(30)31/h4-6,11-12,15-16,19,21-22,29H,2-3,7-10,13-14,17-18H2,1H3,(H,30,31)/b16-15+/t19-,21?,22-/m1/s1. The Morgan fingerprint density at radius 3 is 2.56 bits per heavy atom. The molecule has 0 aromatic heterocycles. The van der Waals surface area contributed by atoms with Crippen LogP contribution in [0.2, 0.25) is 0 Å². The number of likely N-dealkylation sites (tertiary alicyclic amines) is 1. The Morgan fingerprint density at radius 1 is 1.19 bits per heavy atom. The maximum atomic E-state index is 14.0. The minimum absolute atomic E-state index is 0.0183. The summed E-state index contributed by atoms with van der Waals surface area (Å²) in [7, 11) is 0. The second kappa shape index (κ2) is 12.7. The number of unbranched alkanes of at least 4 members (excludes halogenated alkanes) is 3. The lowest BCUT2D eigenvalue weighted by Gasteiger charge is -2.22. The molecule has 3 atom stereocenters. The molecule has 1 aromatic rings. The topological polar surface area (TPSA) is 77.8 Å². The molecule has 0 bridgehead atoms.